The van der Waals surface area contributed by atoms with E-state index in [-0.39, 0.29) is 34.3 Å². The van der Waals surface area contributed by atoms with E-state index in [2.05, 4.69) is 16.3 Å². The lowest BCUT2D eigenvalue weighted by atomic mass is 9.75. The van der Waals surface area contributed by atoms with Gasteiger partial charge in [-0.1, -0.05) is 71.1 Å². The molecule has 0 saturated heterocycles. The topological polar surface area (TPSA) is 113 Å². The maximum Gasteiger partial charge on any atom is 0.219 e. The predicted molar refractivity (Wildman–Crippen MR) is 140 cm³/mol. The van der Waals surface area contributed by atoms with Gasteiger partial charge in [-0.15, -0.1) is 10.2 Å². The van der Waals surface area contributed by atoms with Crippen molar-refractivity contribution >= 4 is 39.8 Å². The van der Waals surface area contributed by atoms with Crippen molar-refractivity contribution in [3.8, 4) is 6.07 Å². The molecule has 0 spiro atoms. The standard InChI is InChI=1S/C27H22FN5O2S2/c1-15-9-11-16(12-10-15)22(35)14-36-27-32-31-26(37-27)33-20-7-4-8-21(34)24(20)23(18(13-29)25(33)30)17-5-2-3-6-19(17)28/h2-3,5-6,9-12,23H,4,7-8,14,30H2,1H3. The molecule has 186 valence electrons. The molecule has 2 aliphatic rings. The van der Waals surface area contributed by atoms with Gasteiger partial charge in [0.1, 0.15) is 11.6 Å². The minimum absolute atomic E-state index is 0.0264. The maximum atomic E-state index is 14.8. The molecular formula is C27H22FN5O2S2. The van der Waals surface area contributed by atoms with Gasteiger partial charge >= 0.3 is 0 Å². The van der Waals surface area contributed by atoms with Crippen molar-refractivity contribution in [3.05, 3.63) is 93.7 Å². The number of rotatable bonds is 6. The number of hydrogen-bond donors (Lipinski definition) is 1. The quantitative estimate of drug-likeness (QED) is 0.338. The van der Waals surface area contributed by atoms with E-state index >= 15 is 0 Å². The van der Waals surface area contributed by atoms with Gasteiger partial charge in [0.25, 0.3) is 0 Å². The van der Waals surface area contributed by atoms with E-state index in [1.807, 2.05) is 19.1 Å². The van der Waals surface area contributed by atoms with Crippen molar-refractivity contribution in [3.63, 3.8) is 0 Å². The first kappa shape index (κ1) is 24.9. The predicted octanol–water partition coefficient (Wildman–Crippen LogP) is 5.27. The van der Waals surface area contributed by atoms with Crippen molar-refractivity contribution in [1.29, 1.82) is 5.26 Å². The van der Waals surface area contributed by atoms with Gasteiger partial charge in [-0.25, -0.2) is 4.39 Å². The summed E-state index contributed by atoms with van der Waals surface area (Å²) in [6.07, 6.45) is 1.45. The number of carbonyl (C=O) groups excluding carboxylic acids is 2. The van der Waals surface area contributed by atoms with Crippen molar-refractivity contribution in [2.75, 3.05) is 10.7 Å². The molecule has 5 rings (SSSR count). The van der Waals surface area contributed by atoms with E-state index in [9.17, 15) is 19.2 Å². The molecule has 0 radical (unpaired) electrons. The van der Waals surface area contributed by atoms with Crippen LogP contribution in [0.1, 0.15) is 46.7 Å². The van der Waals surface area contributed by atoms with Crippen LogP contribution in [0.3, 0.4) is 0 Å². The van der Waals surface area contributed by atoms with Gasteiger partial charge in [0, 0.05) is 28.8 Å². The van der Waals surface area contributed by atoms with Gasteiger partial charge in [-0.3, -0.25) is 14.5 Å². The van der Waals surface area contributed by atoms with Crippen LogP contribution in [0.25, 0.3) is 0 Å². The van der Waals surface area contributed by atoms with Gasteiger partial charge in [0.2, 0.25) is 5.13 Å². The number of thioether (sulfide) groups is 1. The Kier molecular flexibility index (Phi) is 6.91. The molecule has 10 heteroatoms. The summed E-state index contributed by atoms with van der Waals surface area (Å²) >= 11 is 2.49. The highest BCUT2D eigenvalue weighted by atomic mass is 32.2. The number of nitrogens with two attached hydrogens (primary N) is 1. The van der Waals surface area contributed by atoms with Crippen LogP contribution >= 0.6 is 23.1 Å². The number of aryl methyl sites for hydroxylation is 1. The van der Waals surface area contributed by atoms with Gasteiger partial charge in [-0.05, 0) is 25.8 Å². The Balaban J connectivity index is 1.48. The fourth-order valence-corrected chi connectivity index (χ4v) is 6.40. The van der Waals surface area contributed by atoms with Gasteiger partial charge in [0.15, 0.2) is 15.9 Å². The van der Waals surface area contributed by atoms with Crippen molar-refractivity contribution < 1.29 is 14.0 Å². The summed E-state index contributed by atoms with van der Waals surface area (Å²) in [7, 11) is 0. The SMILES string of the molecule is Cc1ccc(C(=O)CSc2nnc(N3C(N)=C(C#N)C(c4ccccc4F)C4=C3CCCC4=O)s2)cc1. The Morgan fingerprint density at radius 3 is 2.70 bits per heavy atom. The lowest BCUT2D eigenvalue weighted by Crippen LogP contribution is -2.38. The Hall–Kier alpha value is -3.81. The summed E-state index contributed by atoms with van der Waals surface area (Å²) in [6.45, 7) is 1.96. The number of allylic oxidation sites excluding steroid dienone is 3. The fourth-order valence-electron chi connectivity index (χ4n) is 4.63. The summed E-state index contributed by atoms with van der Waals surface area (Å²) in [4.78, 5) is 27.3. The highest BCUT2D eigenvalue weighted by Crippen LogP contribution is 2.47. The summed E-state index contributed by atoms with van der Waals surface area (Å²) in [5, 5.41) is 18.9. The third-order valence-electron chi connectivity index (χ3n) is 6.42. The van der Waals surface area contributed by atoms with E-state index < -0.39 is 11.7 Å². The number of ketones is 2. The molecule has 2 heterocycles. The molecule has 1 aromatic heterocycles. The molecule has 0 bridgehead atoms. The van der Waals surface area contributed by atoms with E-state index in [0.717, 1.165) is 5.56 Å². The lowest BCUT2D eigenvalue weighted by Gasteiger charge is -2.38. The summed E-state index contributed by atoms with van der Waals surface area (Å²) in [6, 6.07) is 15.6. The van der Waals surface area contributed by atoms with E-state index in [4.69, 9.17) is 5.73 Å². The average Bonchev–Trinajstić information content (AvgIpc) is 3.36. The molecule has 1 aliphatic carbocycles. The molecule has 0 saturated carbocycles. The van der Waals surface area contributed by atoms with Crippen LogP contribution in [-0.2, 0) is 4.79 Å². The number of anilines is 1. The normalized spacial score (nSPS) is 17.6. The van der Waals surface area contributed by atoms with Crippen LogP contribution in [0.4, 0.5) is 9.52 Å². The zero-order valence-corrected chi connectivity index (χ0v) is 21.5. The maximum absolute atomic E-state index is 14.8. The van der Waals surface area contributed by atoms with Crippen LogP contribution in [0.15, 0.2) is 75.5 Å². The largest absolute Gasteiger partial charge is 0.384 e. The third-order valence-corrected chi connectivity index (χ3v) is 8.46. The molecular weight excluding hydrogens is 509 g/mol. The van der Waals surface area contributed by atoms with Gasteiger partial charge < -0.3 is 5.73 Å². The first-order valence-electron chi connectivity index (χ1n) is 11.7. The zero-order valence-electron chi connectivity index (χ0n) is 19.9. The number of benzene rings is 2. The highest BCUT2D eigenvalue weighted by molar-refractivity contribution is 8.01. The molecule has 1 aliphatic heterocycles. The Labute approximate surface area is 221 Å². The van der Waals surface area contributed by atoms with E-state index in [1.165, 1.54) is 29.2 Å². The van der Waals surface area contributed by atoms with Crippen LogP contribution in [-0.4, -0.2) is 27.5 Å². The third kappa shape index (κ3) is 4.68. The molecule has 7 nitrogen and oxygen atoms in total. The molecule has 0 fully saturated rings. The van der Waals surface area contributed by atoms with Crippen LogP contribution in [0.5, 0.6) is 0 Å². The smallest absolute Gasteiger partial charge is 0.219 e. The zero-order chi connectivity index (χ0) is 26.1. The highest BCUT2D eigenvalue weighted by Gasteiger charge is 2.42. The molecule has 2 aromatic carbocycles. The number of nitrogens with zero attached hydrogens (tertiary/aromatic N) is 4. The minimum atomic E-state index is -0.876. The number of nitriles is 1. The molecule has 37 heavy (non-hydrogen) atoms. The number of Topliss-reactive ketones (excluding diaryl/α,β-unsaturated/α-hetero) is 2. The van der Waals surface area contributed by atoms with Gasteiger partial charge in [0.05, 0.1) is 23.3 Å². The van der Waals surface area contributed by atoms with Crippen molar-refractivity contribution in [1.82, 2.24) is 10.2 Å². The van der Waals surface area contributed by atoms with E-state index in [1.54, 1.807) is 35.2 Å². The molecule has 2 N–H and O–H groups in total. The van der Waals surface area contributed by atoms with Gasteiger partial charge in [-0.2, -0.15) is 5.26 Å². The number of carbonyl (C=O) groups is 2. The monoisotopic (exact) mass is 531 g/mol. The molecule has 1 unspecified atom stereocenters. The number of hydrogen-bond acceptors (Lipinski definition) is 9. The second-order valence-corrected chi connectivity index (χ2v) is 10.9. The van der Waals surface area contributed by atoms with Crippen molar-refractivity contribution in [2.24, 2.45) is 5.73 Å². The fraction of sp³-hybridized carbons (Fsp3) is 0.222. The van der Waals surface area contributed by atoms with E-state index in [0.29, 0.717) is 45.6 Å². The summed E-state index contributed by atoms with van der Waals surface area (Å²) in [5.74, 6) is -1.25. The lowest BCUT2D eigenvalue weighted by molar-refractivity contribution is -0.116. The molecule has 0 amide bonds. The van der Waals surface area contributed by atoms with Crippen LogP contribution in [0, 0.1) is 24.1 Å². The van der Waals surface area contributed by atoms with Crippen molar-refractivity contribution in [2.45, 2.75) is 36.4 Å². The first-order chi connectivity index (χ1) is 17.9. The number of halogens is 1. The Bertz CT molecular complexity index is 1500. The first-order valence-corrected chi connectivity index (χ1v) is 13.5. The van der Waals surface area contributed by atoms with Crippen LogP contribution < -0.4 is 10.6 Å². The summed E-state index contributed by atoms with van der Waals surface area (Å²) < 4.78 is 15.4. The second kappa shape index (κ2) is 10.3. The summed E-state index contributed by atoms with van der Waals surface area (Å²) in [5.41, 5.74) is 9.54. The average molecular weight is 532 g/mol. The Morgan fingerprint density at radius 2 is 1.97 bits per heavy atom. The molecule has 1 atom stereocenters. The molecule has 3 aromatic rings. The Morgan fingerprint density at radius 1 is 1.22 bits per heavy atom. The second-order valence-electron chi connectivity index (χ2n) is 8.77. The minimum Gasteiger partial charge on any atom is -0.384 e. The number of aromatic nitrogens is 2. The van der Waals surface area contributed by atoms with Crippen LogP contribution in [0.2, 0.25) is 0 Å².